The van der Waals surface area contributed by atoms with Gasteiger partial charge in [0.15, 0.2) is 0 Å². The second kappa shape index (κ2) is 6.50. The maximum absolute atomic E-state index is 9.36. The van der Waals surface area contributed by atoms with Crippen LogP contribution >= 0.6 is 0 Å². The van der Waals surface area contributed by atoms with E-state index in [1.807, 2.05) is 24.1 Å². The fourth-order valence-corrected chi connectivity index (χ4v) is 2.88. The van der Waals surface area contributed by atoms with Crippen LogP contribution in [0, 0.1) is 0 Å². The highest BCUT2D eigenvalue weighted by Crippen LogP contribution is 2.34. The lowest BCUT2D eigenvalue weighted by atomic mass is 9.87. The van der Waals surface area contributed by atoms with E-state index in [9.17, 15) is 5.11 Å². The highest BCUT2D eigenvalue weighted by molar-refractivity contribution is 5.14. The second-order valence-electron chi connectivity index (χ2n) is 5.51. The van der Waals surface area contributed by atoms with Gasteiger partial charge in [0.25, 0.3) is 0 Å². The number of nitrogens with zero attached hydrogens (tertiary/aromatic N) is 3. The predicted octanol–water partition coefficient (Wildman–Crippen LogP) is 1.05. The molecule has 5 heteroatoms. The minimum Gasteiger partial charge on any atom is -0.395 e. The monoisotopic (exact) mass is 266 g/mol. The topological polar surface area (TPSA) is 67.3 Å². The molecular weight excluding hydrogens is 240 g/mol. The van der Waals surface area contributed by atoms with Gasteiger partial charge in [-0.1, -0.05) is 13.3 Å². The Hall–Kier alpha value is -0.910. The third-order valence-corrected chi connectivity index (χ3v) is 4.20. The molecule has 0 bridgehead atoms. The summed E-state index contributed by atoms with van der Waals surface area (Å²) in [4.78, 5) is 2.38. The maximum atomic E-state index is 9.36. The van der Waals surface area contributed by atoms with Gasteiger partial charge in [-0.3, -0.25) is 9.58 Å². The van der Waals surface area contributed by atoms with E-state index in [4.69, 9.17) is 5.73 Å². The Morgan fingerprint density at radius 3 is 2.74 bits per heavy atom. The Balaban J connectivity index is 2.23. The van der Waals surface area contributed by atoms with E-state index < -0.39 is 0 Å². The van der Waals surface area contributed by atoms with Gasteiger partial charge in [-0.25, -0.2) is 0 Å². The number of aliphatic hydroxyl groups is 1. The summed E-state index contributed by atoms with van der Waals surface area (Å²) in [6, 6.07) is 0.808. The second-order valence-corrected chi connectivity index (χ2v) is 5.51. The molecule has 0 amide bonds. The molecule has 1 fully saturated rings. The van der Waals surface area contributed by atoms with Crippen LogP contribution in [0.15, 0.2) is 12.4 Å². The van der Waals surface area contributed by atoms with Crippen LogP contribution in [0.1, 0.15) is 44.2 Å². The predicted molar refractivity (Wildman–Crippen MR) is 75.6 cm³/mol. The van der Waals surface area contributed by atoms with Crippen molar-refractivity contribution in [3.63, 3.8) is 0 Å². The van der Waals surface area contributed by atoms with Gasteiger partial charge in [-0.2, -0.15) is 5.10 Å². The summed E-state index contributed by atoms with van der Waals surface area (Å²) < 4.78 is 1.82. The number of aryl methyl sites for hydroxylation is 1. The first-order valence-electron chi connectivity index (χ1n) is 7.28. The van der Waals surface area contributed by atoms with Crippen LogP contribution in [0.25, 0.3) is 0 Å². The van der Waals surface area contributed by atoms with Crippen molar-refractivity contribution >= 4 is 0 Å². The fraction of sp³-hybridized carbons (Fsp3) is 0.786. The lowest BCUT2D eigenvalue weighted by Gasteiger charge is -2.44. The van der Waals surface area contributed by atoms with Crippen molar-refractivity contribution in [1.29, 1.82) is 0 Å². The van der Waals surface area contributed by atoms with Crippen LogP contribution in [0.5, 0.6) is 0 Å². The molecule has 3 N–H and O–H groups in total. The van der Waals surface area contributed by atoms with Crippen LogP contribution in [0.2, 0.25) is 0 Å². The number of aromatic nitrogens is 2. The van der Waals surface area contributed by atoms with Gasteiger partial charge in [0.2, 0.25) is 0 Å². The van der Waals surface area contributed by atoms with Gasteiger partial charge in [-0.05, 0) is 19.3 Å². The Bertz CT molecular complexity index is 389. The van der Waals surface area contributed by atoms with E-state index in [0.717, 1.165) is 12.0 Å². The Labute approximate surface area is 115 Å². The quantitative estimate of drug-likeness (QED) is 0.774. The summed E-state index contributed by atoms with van der Waals surface area (Å²) >= 11 is 0. The molecule has 2 unspecified atom stereocenters. The molecule has 19 heavy (non-hydrogen) atoms. The van der Waals surface area contributed by atoms with E-state index in [1.165, 1.54) is 19.3 Å². The SMILES string of the molecule is CCC(N)C(c1cnn(C)c1)N(CCO)C1CCC1. The van der Waals surface area contributed by atoms with Crippen LogP contribution in [-0.2, 0) is 7.05 Å². The van der Waals surface area contributed by atoms with Crippen molar-refractivity contribution in [2.75, 3.05) is 13.2 Å². The van der Waals surface area contributed by atoms with Crippen molar-refractivity contribution in [2.24, 2.45) is 12.8 Å². The number of hydrogen-bond acceptors (Lipinski definition) is 4. The summed E-state index contributed by atoms with van der Waals surface area (Å²) in [6.45, 7) is 2.99. The first-order chi connectivity index (χ1) is 9.17. The molecule has 1 saturated carbocycles. The summed E-state index contributed by atoms with van der Waals surface area (Å²) in [5.41, 5.74) is 7.51. The smallest absolute Gasteiger partial charge is 0.0558 e. The first kappa shape index (κ1) is 14.5. The van der Waals surface area contributed by atoms with Crippen LogP contribution < -0.4 is 5.73 Å². The highest BCUT2D eigenvalue weighted by atomic mass is 16.3. The molecule has 0 aliphatic heterocycles. The number of hydrogen-bond donors (Lipinski definition) is 2. The van der Waals surface area contributed by atoms with E-state index in [0.29, 0.717) is 12.6 Å². The van der Waals surface area contributed by atoms with Crippen LogP contribution in [0.4, 0.5) is 0 Å². The van der Waals surface area contributed by atoms with Crippen molar-refractivity contribution in [2.45, 2.75) is 50.7 Å². The summed E-state index contributed by atoms with van der Waals surface area (Å²) in [5, 5.41) is 13.6. The molecule has 0 spiro atoms. The molecule has 1 aliphatic carbocycles. The molecule has 1 aromatic heterocycles. The molecule has 2 rings (SSSR count). The zero-order valence-corrected chi connectivity index (χ0v) is 12.0. The normalized spacial score (nSPS) is 19.4. The van der Waals surface area contributed by atoms with Gasteiger partial charge in [0.1, 0.15) is 0 Å². The van der Waals surface area contributed by atoms with Gasteiger partial charge < -0.3 is 10.8 Å². The van der Waals surface area contributed by atoms with Gasteiger partial charge in [0.05, 0.1) is 18.8 Å². The standard InChI is InChI=1S/C14H26N4O/c1-3-13(15)14(11-9-16-17(2)10-11)18(7-8-19)12-5-4-6-12/h9-10,12-14,19H,3-8,15H2,1-2H3. The van der Waals surface area contributed by atoms with Crippen molar-refractivity contribution in [3.05, 3.63) is 18.0 Å². The molecule has 1 aromatic rings. The minimum atomic E-state index is 0.0800. The molecule has 0 radical (unpaired) electrons. The molecular formula is C14H26N4O. The van der Waals surface area contributed by atoms with Crippen molar-refractivity contribution in [3.8, 4) is 0 Å². The fourth-order valence-electron chi connectivity index (χ4n) is 2.88. The Kier molecular flexibility index (Phi) is 4.96. The van der Waals surface area contributed by atoms with Gasteiger partial charge >= 0.3 is 0 Å². The lowest BCUT2D eigenvalue weighted by Crippen LogP contribution is -2.49. The Morgan fingerprint density at radius 2 is 2.32 bits per heavy atom. The highest BCUT2D eigenvalue weighted by Gasteiger charge is 2.34. The molecule has 1 aliphatic rings. The molecule has 0 saturated heterocycles. The van der Waals surface area contributed by atoms with Gasteiger partial charge in [-0.15, -0.1) is 0 Å². The minimum absolute atomic E-state index is 0.0800. The third-order valence-electron chi connectivity index (χ3n) is 4.20. The molecule has 2 atom stereocenters. The Morgan fingerprint density at radius 1 is 1.58 bits per heavy atom. The largest absolute Gasteiger partial charge is 0.395 e. The zero-order chi connectivity index (χ0) is 13.8. The zero-order valence-electron chi connectivity index (χ0n) is 12.0. The summed E-state index contributed by atoms with van der Waals surface area (Å²) in [6.07, 6.45) is 8.59. The lowest BCUT2D eigenvalue weighted by molar-refractivity contribution is 0.0473. The molecule has 108 valence electrons. The van der Waals surface area contributed by atoms with Crippen LogP contribution in [0.3, 0.4) is 0 Å². The van der Waals surface area contributed by atoms with Crippen molar-refractivity contribution < 1.29 is 5.11 Å². The summed E-state index contributed by atoms with van der Waals surface area (Å²) in [5.74, 6) is 0. The van der Waals surface area contributed by atoms with Gasteiger partial charge in [0, 0.05) is 37.4 Å². The van der Waals surface area contributed by atoms with E-state index in [1.54, 1.807) is 0 Å². The average molecular weight is 266 g/mol. The number of rotatable bonds is 7. The number of aliphatic hydroxyl groups excluding tert-OH is 1. The van der Waals surface area contributed by atoms with Crippen LogP contribution in [-0.4, -0.2) is 45.0 Å². The molecule has 1 heterocycles. The number of nitrogens with two attached hydrogens (primary N) is 1. The first-order valence-corrected chi connectivity index (χ1v) is 7.28. The van der Waals surface area contributed by atoms with E-state index in [2.05, 4.69) is 16.9 Å². The maximum Gasteiger partial charge on any atom is 0.0558 e. The van der Waals surface area contributed by atoms with Crippen molar-refractivity contribution in [1.82, 2.24) is 14.7 Å². The van der Waals surface area contributed by atoms with E-state index >= 15 is 0 Å². The average Bonchev–Trinajstić information content (AvgIpc) is 2.73. The third kappa shape index (κ3) is 3.16. The molecule has 0 aromatic carbocycles. The molecule has 5 nitrogen and oxygen atoms in total. The summed E-state index contributed by atoms with van der Waals surface area (Å²) in [7, 11) is 1.93. The van der Waals surface area contributed by atoms with E-state index in [-0.39, 0.29) is 18.7 Å².